The number of sulfone groups is 1. The number of carbonyl (C=O) groups excluding carboxylic acids is 5. The van der Waals surface area contributed by atoms with E-state index in [0.29, 0.717) is 44.7 Å². The van der Waals surface area contributed by atoms with E-state index in [-0.39, 0.29) is 23.2 Å². The van der Waals surface area contributed by atoms with Gasteiger partial charge in [-0.3, -0.25) is 19.2 Å². The van der Waals surface area contributed by atoms with Crippen molar-refractivity contribution >= 4 is 39.4 Å². The lowest BCUT2D eigenvalue weighted by Gasteiger charge is -2.45. The second kappa shape index (κ2) is 13.3. The normalized spacial score (nSPS) is 30.7. The van der Waals surface area contributed by atoms with E-state index in [2.05, 4.69) is 35.1 Å². The highest BCUT2D eigenvalue weighted by Crippen LogP contribution is 2.65. The SMILES string of the molecule is CC[C@@H]1C[C@@]1(NC(=O)[C@@H]1[C@@H]2[C@H](CN1C(=O)[C@@H](NC(=O)NC1([C@@H](C)S(=O)(=O)C(C)(C)C)CCCCC1)C(C)(C)C)C2(C)C)C(=O)C(=O)NCC1CC1. The van der Waals surface area contributed by atoms with Gasteiger partial charge < -0.3 is 26.2 Å². The van der Waals surface area contributed by atoms with Crippen LogP contribution in [0.5, 0.6) is 0 Å². The Morgan fingerprint density at radius 3 is 2.04 bits per heavy atom. The maximum Gasteiger partial charge on any atom is 0.315 e. The zero-order valence-corrected chi connectivity index (χ0v) is 33.3. The molecule has 4 N–H and O–H groups in total. The van der Waals surface area contributed by atoms with Crippen molar-refractivity contribution in [3.05, 3.63) is 0 Å². The van der Waals surface area contributed by atoms with E-state index >= 15 is 0 Å². The lowest BCUT2D eigenvalue weighted by Crippen LogP contribution is -2.66. The highest BCUT2D eigenvalue weighted by molar-refractivity contribution is 7.93. The van der Waals surface area contributed by atoms with Gasteiger partial charge in [0, 0.05) is 13.1 Å². The van der Waals surface area contributed by atoms with E-state index in [9.17, 15) is 32.4 Å². The predicted molar refractivity (Wildman–Crippen MR) is 195 cm³/mol. The summed E-state index contributed by atoms with van der Waals surface area (Å²) in [6.45, 7) is 19.1. The number of fused-ring (bicyclic) bond motifs is 1. The molecule has 1 heterocycles. The summed E-state index contributed by atoms with van der Waals surface area (Å²) in [5.74, 6) is -1.99. The maximum absolute atomic E-state index is 14.6. The molecule has 0 spiro atoms. The molecule has 0 unspecified atom stereocenters. The second-order valence-electron chi connectivity index (χ2n) is 19.1. The third-order valence-corrected chi connectivity index (χ3v) is 16.2. The van der Waals surface area contributed by atoms with Crippen LogP contribution in [-0.2, 0) is 29.0 Å². The number of piperidine rings is 1. The predicted octanol–water partition coefficient (Wildman–Crippen LogP) is 3.87. The van der Waals surface area contributed by atoms with Gasteiger partial charge in [-0.25, -0.2) is 13.2 Å². The number of carbonyl (C=O) groups is 5. The van der Waals surface area contributed by atoms with Crippen LogP contribution in [-0.4, -0.2) is 89.1 Å². The van der Waals surface area contributed by atoms with Crippen molar-refractivity contribution in [3.8, 4) is 0 Å². The molecule has 0 radical (unpaired) electrons. The van der Waals surface area contributed by atoms with Gasteiger partial charge in [-0.1, -0.05) is 67.2 Å². The molecule has 13 heteroatoms. The minimum absolute atomic E-state index is 0.0651. The number of ketones is 1. The summed E-state index contributed by atoms with van der Waals surface area (Å²) in [4.78, 5) is 70.8. The monoisotopic (exact) mass is 733 g/mol. The van der Waals surface area contributed by atoms with Crippen molar-refractivity contribution in [1.29, 1.82) is 0 Å². The Bertz CT molecular complexity index is 1540. The molecular weight excluding hydrogens is 671 g/mol. The van der Waals surface area contributed by atoms with Crippen molar-refractivity contribution in [3.63, 3.8) is 0 Å². The first-order chi connectivity index (χ1) is 23.4. The van der Waals surface area contributed by atoms with E-state index in [1.165, 1.54) is 0 Å². The first-order valence-corrected chi connectivity index (χ1v) is 20.8. The van der Waals surface area contributed by atoms with Crippen LogP contribution in [0.1, 0.15) is 127 Å². The van der Waals surface area contributed by atoms with Crippen LogP contribution in [0.3, 0.4) is 0 Å². The van der Waals surface area contributed by atoms with Gasteiger partial charge in [-0.15, -0.1) is 0 Å². The lowest BCUT2D eigenvalue weighted by atomic mass is 9.79. The van der Waals surface area contributed by atoms with Crippen LogP contribution in [0.4, 0.5) is 4.79 Å². The van der Waals surface area contributed by atoms with Gasteiger partial charge in [-0.2, -0.15) is 0 Å². The van der Waals surface area contributed by atoms with Crippen molar-refractivity contribution in [2.24, 2.45) is 34.5 Å². The molecule has 0 aromatic heterocycles. The Hall–Kier alpha value is -2.70. The summed E-state index contributed by atoms with van der Waals surface area (Å²) < 4.78 is 26.3. The van der Waals surface area contributed by atoms with Gasteiger partial charge in [0.25, 0.3) is 5.91 Å². The number of nitrogens with zero attached hydrogens (tertiary/aromatic N) is 1. The van der Waals surface area contributed by atoms with Crippen molar-refractivity contribution in [2.45, 2.75) is 160 Å². The molecule has 12 nitrogen and oxygen atoms in total. The molecule has 0 aromatic rings. The summed E-state index contributed by atoms with van der Waals surface area (Å²) in [5.41, 5.74) is -3.24. The molecule has 7 atom stereocenters. The Kier molecular flexibility index (Phi) is 10.3. The van der Waals surface area contributed by atoms with Crippen LogP contribution in [0.2, 0.25) is 0 Å². The van der Waals surface area contributed by atoms with E-state index in [0.717, 1.165) is 32.1 Å². The molecule has 51 heavy (non-hydrogen) atoms. The number of rotatable bonds is 12. The average Bonchev–Trinajstić information content (AvgIpc) is 3.99. The van der Waals surface area contributed by atoms with Crippen LogP contribution < -0.4 is 21.3 Å². The molecule has 4 aliphatic carbocycles. The third-order valence-electron chi connectivity index (χ3n) is 13.2. The van der Waals surface area contributed by atoms with Crippen molar-refractivity contribution in [2.75, 3.05) is 13.1 Å². The Morgan fingerprint density at radius 2 is 1.53 bits per heavy atom. The van der Waals surface area contributed by atoms with Gasteiger partial charge in [-0.05, 0) is 94.3 Å². The van der Waals surface area contributed by atoms with Crippen LogP contribution in [0, 0.1) is 34.5 Å². The van der Waals surface area contributed by atoms with E-state index in [1.807, 2.05) is 27.7 Å². The topological polar surface area (TPSA) is 171 Å². The second-order valence-corrected chi connectivity index (χ2v) is 22.1. The molecule has 5 amide bonds. The zero-order valence-electron chi connectivity index (χ0n) is 32.5. The molecule has 4 saturated carbocycles. The molecule has 0 aromatic carbocycles. The molecule has 5 fully saturated rings. The number of amides is 5. The molecular formula is C38H63N5O7S. The van der Waals surface area contributed by atoms with Gasteiger partial charge in [0.05, 0.1) is 15.5 Å². The molecule has 1 aliphatic heterocycles. The minimum atomic E-state index is -3.64. The summed E-state index contributed by atoms with van der Waals surface area (Å²) in [5, 5.41) is 10.9. The number of Topliss-reactive ketones (excluding diaryl/α,β-unsaturated/α-hetero) is 1. The number of urea groups is 1. The van der Waals surface area contributed by atoms with Crippen molar-refractivity contribution < 1.29 is 32.4 Å². The highest BCUT2D eigenvalue weighted by Gasteiger charge is 2.71. The number of likely N-dealkylation sites (tertiary alicyclic amines) is 1. The first kappa shape index (κ1) is 39.5. The van der Waals surface area contributed by atoms with E-state index < -0.39 is 77.9 Å². The number of hydrogen-bond donors (Lipinski definition) is 4. The van der Waals surface area contributed by atoms with E-state index in [1.54, 1.807) is 32.6 Å². The Labute approximate surface area is 305 Å². The number of nitrogens with one attached hydrogen (secondary N) is 4. The summed E-state index contributed by atoms with van der Waals surface area (Å²) in [6.07, 6.45) is 6.58. The Morgan fingerprint density at radius 1 is 0.922 bits per heavy atom. The summed E-state index contributed by atoms with van der Waals surface area (Å²) in [7, 11) is -3.64. The summed E-state index contributed by atoms with van der Waals surface area (Å²) in [6, 6.07) is -2.51. The molecule has 1 saturated heterocycles. The first-order valence-electron chi connectivity index (χ1n) is 19.2. The lowest BCUT2D eigenvalue weighted by molar-refractivity contribution is -0.146. The maximum atomic E-state index is 14.6. The minimum Gasteiger partial charge on any atom is -0.349 e. The molecule has 5 rings (SSSR count). The number of hydrogen-bond acceptors (Lipinski definition) is 7. The fourth-order valence-electron chi connectivity index (χ4n) is 9.11. The third kappa shape index (κ3) is 7.30. The Balaban J connectivity index is 1.36. The van der Waals surface area contributed by atoms with Crippen LogP contribution in [0.25, 0.3) is 0 Å². The van der Waals surface area contributed by atoms with Crippen LogP contribution in [0.15, 0.2) is 0 Å². The van der Waals surface area contributed by atoms with E-state index in [4.69, 9.17) is 0 Å². The zero-order chi connectivity index (χ0) is 38.1. The fraction of sp³-hybridized carbons (Fsp3) is 0.868. The quantitative estimate of drug-likeness (QED) is 0.221. The highest BCUT2D eigenvalue weighted by atomic mass is 32.2. The smallest absolute Gasteiger partial charge is 0.315 e. The van der Waals surface area contributed by atoms with Gasteiger partial charge in [0.15, 0.2) is 9.84 Å². The molecule has 288 valence electrons. The van der Waals surface area contributed by atoms with Crippen molar-refractivity contribution in [1.82, 2.24) is 26.2 Å². The van der Waals surface area contributed by atoms with Crippen LogP contribution >= 0.6 is 0 Å². The van der Waals surface area contributed by atoms with Gasteiger partial charge >= 0.3 is 6.03 Å². The average molecular weight is 734 g/mol. The van der Waals surface area contributed by atoms with Gasteiger partial charge in [0.1, 0.15) is 17.6 Å². The molecule has 0 bridgehead atoms. The summed E-state index contributed by atoms with van der Waals surface area (Å²) >= 11 is 0. The standard InChI is InChI=1S/C38H63N5O7S/c1-11-24-19-38(24,29(44)31(46)39-20-23-15-16-23)41-30(45)27-26-25(36(26,9)10)21-43(27)32(47)28(34(3,4)5)40-33(48)42-37(17-13-12-14-18-37)22(2)51(49,50)35(6,7)8/h22-28H,11-21H2,1-10H3,(H,39,46)(H,41,45)(H2,40,42,48)/t22-,24-,25+,26+,27+,28-,38+/m1/s1. The molecule has 5 aliphatic rings. The van der Waals surface area contributed by atoms with Gasteiger partial charge in [0.2, 0.25) is 17.6 Å². The fourth-order valence-corrected chi connectivity index (χ4v) is 11.1. The largest absolute Gasteiger partial charge is 0.349 e.